The van der Waals surface area contributed by atoms with Gasteiger partial charge >= 0.3 is 0 Å². The van der Waals surface area contributed by atoms with Crippen LogP contribution >= 0.6 is 11.6 Å². The Morgan fingerprint density at radius 1 is 0.939 bits per heavy atom. The van der Waals surface area contributed by atoms with Crippen LogP contribution in [0.5, 0.6) is 0 Å². The number of para-hydroxylation sites is 2. The molecule has 0 atom stereocenters. The normalized spacial score (nSPS) is 10.9. The van der Waals surface area contributed by atoms with E-state index in [2.05, 4.69) is 10.3 Å². The molecule has 0 saturated carbocycles. The average molecular weight is 460 g/mol. The number of non-ortho nitro benzene ring substituents is 1. The van der Waals surface area contributed by atoms with Crippen molar-refractivity contribution in [1.29, 1.82) is 0 Å². The molecule has 5 aromatic rings. The fourth-order valence-corrected chi connectivity index (χ4v) is 3.49. The Morgan fingerprint density at radius 3 is 2.61 bits per heavy atom. The zero-order valence-electron chi connectivity index (χ0n) is 16.8. The van der Waals surface area contributed by atoms with Gasteiger partial charge in [-0.3, -0.25) is 14.9 Å². The zero-order valence-corrected chi connectivity index (χ0v) is 17.6. The molecule has 0 spiro atoms. The molecule has 162 valence electrons. The van der Waals surface area contributed by atoms with Crippen LogP contribution in [0, 0.1) is 10.1 Å². The molecule has 8 nitrogen and oxygen atoms in total. The Labute approximate surface area is 191 Å². The summed E-state index contributed by atoms with van der Waals surface area (Å²) in [6.07, 6.45) is 0. The minimum Gasteiger partial charge on any atom is -0.451 e. The number of nitrogens with zero attached hydrogens (tertiary/aromatic N) is 2. The molecule has 0 saturated heterocycles. The molecule has 33 heavy (non-hydrogen) atoms. The van der Waals surface area contributed by atoms with Gasteiger partial charge in [-0.2, -0.15) is 0 Å². The zero-order chi connectivity index (χ0) is 22.9. The lowest BCUT2D eigenvalue weighted by atomic mass is 10.1. The Hall–Kier alpha value is -4.43. The number of benzene rings is 3. The van der Waals surface area contributed by atoms with Crippen LogP contribution in [0.1, 0.15) is 10.6 Å². The highest BCUT2D eigenvalue weighted by Gasteiger charge is 2.17. The maximum absolute atomic E-state index is 12.8. The van der Waals surface area contributed by atoms with E-state index >= 15 is 0 Å². The van der Waals surface area contributed by atoms with Crippen molar-refractivity contribution in [2.24, 2.45) is 0 Å². The van der Waals surface area contributed by atoms with Gasteiger partial charge in [-0.15, -0.1) is 0 Å². The molecule has 2 heterocycles. The van der Waals surface area contributed by atoms with Crippen molar-refractivity contribution in [1.82, 2.24) is 4.98 Å². The summed E-state index contributed by atoms with van der Waals surface area (Å²) < 4.78 is 11.4. The largest absolute Gasteiger partial charge is 0.451 e. The van der Waals surface area contributed by atoms with Gasteiger partial charge in [0.25, 0.3) is 11.6 Å². The Balaban J connectivity index is 1.40. The first-order valence-electron chi connectivity index (χ1n) is 9.79. The van der Waals surface area contributed by atoms with Crippen LogP contribution in [-0.4, -0.2) is 15.8 Å². The lowest BCUT2D eigenvalue weighted by Crippen LogP contribution is -2.11. The first-order chi connectivity index (χ1) is 16.0. The molecule has 1 amide bonds. The maximum Gasteiger partial charge on any atom is 0.291 e. The van der Waals surface area contributed by atoms with Gasteiger partial charge in [0.2, 0.25) is 5.89 Å². The lowest BCUT2D eigenvalue weighted by molar-refractivity contribution is -0.384. The third-order valence-corrected chi connectivity index (χ3v) is 5.26. The number of nitrogens with one attached hydrogen (secondary N) is 1. The number of carbonyl (C=O) groups is 1. The van der Waals surface area contributed by atoms with Crippen molar-refractivity contribution in [3.05, 3.63) is 99.8 Å². The second kappa shape index (κ2) is 8.25. The van der Waals surface area contributed by atoms with Gasteiger partial charge < -0.3 is 14.2 Å². The second-order valence-electron chi connectivity index (χ2n) is 7.11. The molecule has 0 unspecified atom stereocenters. The molecule has 0 radical (unpaired) electrons. The molecule has 0 bridgehead atoms. The Bertz CT molecular complexity index is 1490. The van der Waals surface area contributed by atoms with E-state index in [1.807, 2.05) is 24.3 Å². The number of furan rings is 1. The quantitative estimate of drug-likeness (QED) is 0.235. The lowest BCUT2D eigenvalue weighted by Gasteiger charge is -2.07. The van der Waals surface area contributed by atoms with Crippen molar-refractivity contribution in [3.63, 3.8) is 0 Å². The summed E-state index contributed by atoms with van der Waals surface area (Å²) in [6, 6.07) is 21.5. The fraction of sp³-hybridized carbons (Fsp3) is 0. The molecular formula is C24H14ClN3O5. The van der Waals surface area contributed by atoms with E-state index in [0.29, 0.717) is 39.1 Å². The van der Waals surface area contributed by atoms with Crippen LogP contribution in [0.25, 0.3) is 33.9 Å². The highest BCUT2D eigenvalue weighted by molar-refractivity contribution is 6.34. The Kier molecular flexibility index (Phi) is 5.12. The first-order valence-corrected chi connectivity index (χ1v) is 10.2. The minimum absolute atomic E-state index is 0.0276. The second-order valence-corrected chi connectivity index (χ2v) is 7.51. The summed E-state index contributed by atoms with van der Waals surface area (Å²) in [5.74, 6) is 0.229. The summed E-state index contributed by atoms with van der Waals surface area (Å²) in [4.78, 5) is 27.7. The number of hydrogen-bond acceptors (Lipinski definition) is 6. The minimum atomic E-state index is -0.525. The number of aromatic nitrogens is 1. The summed E-state index contributed by atoms with van der Waals surface area (Å²) >= 11 is 6.28. The van der Waals surface area contributed by atoms with Crippen LogP contribution in [0.15, 0.2) is 87.7 Å². The molecule has 1 N–H and O–H groups in total. The number of fused-ring (bicyclic) bond motifs is 1. The van der Waals surface area contributed by atoms with Crippen molar-refractivity contribution < 1.29 is 18.6 Å². The number of nitro groups is 1. The van der Waals surface area contributed by atoms with Crippen molar-refractivity contribution in [3.8, 4) is 22.8 Å². The van der Waals surface area contributed by atoms with Crippen molar-refractivity contribution in [2.45, 2.75) is 0 Å². The van der Waals surface area contributed by atoms with E-state index in [0.717, 1.165) is 5.52 Å². The van der Waals surface area contributed by atoms with Crippen LogP contribution < -0.4 is 5.32 Å². The number of anilines is 1. The number of amides is 1. The van der Waals surface area contributed by atoms with E-state index in [-0.39, 0.29) is 11.4 Å². The standard InChI is InChI=1S/C24H14ClN3O5/c25-17-9-8-15(24-27-18-6-1-2-7-21(18)33-24)13-19(17)26-23(29)22-11-10-20(32-22)14-4-3-5-16(12-14)28(30)31/h1-13H,(H,26,29). The smallest absolute Gasteiger partial charge is 0.291 e. The van der Waals surface area contributed by atoms with E-state index in [1.165, 1.54) is 18.2 Å². The van der Waals surface area contributed by atoms with Crippen molar-refractivity contribution >= 4 is 40.0 Å². The summed E-state index contributed by atoms with van der Waals surface area (Å²) in [5, 5.41) is 14.1. The number of hydrogen-bond donors (Lipinski definition) is 1. The number of carbonyl (C=O) groups excluding carboxylic acids is 1. The molecule has 9 heteroatoms. The molecule has 0 aliphatic heterocycles. The van der Waals surface area contributed by atoms with Gasteiger partial charge in [0.15, 0.2) is 11.3 Å². The predicted molar refractivity (Wildman–Crippen MR) is 123 cm³/mol. The monoisotopic (exact) mass is 459 g/mol. The molecule has 5 rings (SSSR count). The highest BCUT2D eigenvalue weighted by atomic mass is 35.5. The van der Waals surface area contributed by atoms with Gasteiger partial charge in [0, 0.05) is 23.3 Å². The van der Waals surface area contributed by atoms with E-state index in [1.54, 1.807) is 36.4 Å². The van der Waals surface area contributed by atoms with Crippen LogP contribution in [0.3, 0.4) is 0 Å². The summed E-state index contributed by atoms with van der Waals surface area (Å²) in [7, 11) is 0. The van der Waals surface area contributed by atoms with E-state index in [4.69, 9.17) is 20.4 Å². The van der Waals surface area contributed by atoms with E-state index < -0.39 is 10.8 Å². The summed E-state index contributed by atoms with van der Waals surface area (Å²) in [6.45, 7) is 0. The van der Waals surface area contributed by atoms with Gasteiger partial charge in [-0.25, -0.2) is 4.98 Å². The maximum atomic E-state index is 12.8. The van der Waals surface area contributed by atoms with Gasteiger partial charge in [0.1, 0.15) is 11.3 Å². The molecule has 3 aromatic carbocycles. The molecule has 0 aliphatic carbocycles. The molecular weight excluding hydrogens is 446 g/mol. The van der Waals surface area contributed by atoms with Crippen LogP contribution in [-0.2, 0) is 0 Å². The molecule has 0 aliphatic rings. The number of rotatable bonds is 5. The topological polar surface area (TPSA) is 111 Å². The fourth-order valence-electron chi connectivity index (χ4n) is 3.32. The van der Waals surface area contributed by atoms with E-state index in [9.17, 15) is 14.9 Å². The third kappa shape index (κ3) is 4.07. The molecule has 2 aromatic heterocycles. The third-order valence-electron chi connectivity index (χ3n) is 4.93. The Morgan fingerprint density at radius 2 is 1.79 bits per heavy atom. The number of oxazole rings is 1. The van der Waals surface area contributed by atoms with Gasteiger partial charge in [0.05, 0.1) is 15.6 Å². The van der Waals surface area contributed by atoms with Crippen LogP contribution in [0.4, 0.5) is 11.4 Å². The highest BCUT2D eigenvalue weighted by Crippen LogP contribution is 2.31. The van der Waals surface area contributed by atoms with Crippen molar-refractivity contribution in [2.75, 3.05) is 5.32 Å². The SMILES string of the molecule is O=C(Nc1cc(-c2nc3ccccc3o2)ccc1Cl)c1ccc(-c2cccc([N+](=O)[O-])c2)o1. The summed E-state index contributed by atoms with van der Waals surface area (Å²) in [5.41, 5.74) is 2.78. The number of halogens is 1. The first kappa shape index (κ1) is 20.5. The van der Waals surface area contributed by atoms with Gasteiger partial charge in [-0.1, -0.05) is 35.9 Å². The predicted octanol–water partition coefficient (Wildman–Crippen LogP) is 6.57. The number of nitro benzene ring substituents is 1. The van der Waals surface area contributed by atoms with Crippen LogP contribution in [0.2, 0.25) is 5.02 Å². The molecule has 0 fully saturated rings. The van der Waals surface area contributed by atoms with Gasteiger partial charge in [-0.05, 0) is 42.5 Å². The average Bonchev–Trinajstić information content (AvgIpc) is 3.48.